The molecule has 0 saturated heterocycles. The highest BCUT2D eigenvalue weighted by Gasteiger charge is 1.71. The molecule has 3 nitrogen and oxygen atoms in total. The van der Waals surface area contributed by atoms with Gasteiger partial charge in [-0.2, -0.15) is 5.10 Å². The maximum atomic E-state index is 4.85. The molecule has 38 valence electrons. The first-order chi connectivity index (χ1) is 2.27. The van der Waals surface area contributed by atoms with E-state index in [4.69, 9.17) is 23.2 Å². The number of nitrogens with zero attached hydrogens (tertiary/aromatic N) is 1. The van der Waals surface area contributed by atoms with Crippen LogP contribution < -0.4 is 5.84 Å². The van der Waals surface area contributed by atoms with E-state index in [2.05, 4.69) is 10.9 Å². The molecule has 0 saturated carbocycles. The zero-order valence-electron chi connectivity index (χ0n) is 2.78. The molecule has 0 amide bonds. The van der Waals surface area contributed by atoms with Gasteiger partial charge in [-0.3, -0.25) is 0 Å². The first-order valence-electron chi connectivity index (χ1n) is 0.860. The Bertz CT molecular complexity index is 49.5. The highest BCUT2D eigenvalue weighted by molar-refractivity contribution is 6.95. The van der Waals surface area contributed by atoms with Crippen molar-refractivity contribution in [3.05, 3.63) is 0 Å². The summed E-state index contributed by atoms with van der Waals surface area (Å²) in [5, 5.41) is 2.84. The number of rotatable bonds is 0. The highest BCUT2D eigenvalue weighted by atomic mass is 35.5. The maximum absolute atomic E-state index is 4.85. The molecule has 5 heteroatoms. The lowest BCUT2D eigenvalue weighted by Gasteiger charge is -1.67. The Balaban J connectivity index is 0. The van der Waals surface area contributed by atoms with E-state index in [-0.39, 0.29) is 10.1 Å². The van der Waals surface area contributed by atoms with Crippen molar-refractivity contribution in [3.63, 3.8) is 0 Å². The van der Waals surface area contributed by atoms with Crippen LogP contribution in [0.3, 0.4) is 0 Å². The highest BCUT2D eigenvalue weighted by Crippen LogP contribution is 1.84. The minimum absolute atomic E-state index is 0. The molecule has 0 heterocycles. The summed E-state index contributed by atoms with van der Waals surface area (Å²) in [5.41, 5.74) is 0. The molecular weight excluding hydrogens is 127 g/mol. The van der Waals surface area contributed by atoms with Crippen molar-refractivity contribution in [2.75, 3.05) is 0 Å². The molecule has 0 bridgehead atoms. The van der Waals surface area contributed by atoms with Crippen LogP contribution >= 0.6 is 23.2 Å². The van der Waals surface area contributed by atoms with E-state index in [0.717, 1.165) is 0 Å². The summed E-state index contributed by atoms with van der Waals surface area (Å²) in [4.78, 5) is 0. The normalized spacial score (nSPS) is 5.67. The summed E-state index contributed by atoms with van der Waals surface area (Å²) in [5.74, 6) is 4.50. The number of hydrogen-bond donors (Lipinski definition) is 1. The average Bonchev–Trinajstić information content (AvgIpc) is 1.38. The lowest BCUT2D eigenvalue weighted by Crippen LogP contribution is -1.80. The van der Waals surface area contributed by atoms with Crippen molar-refractivity contribution in [3.8, 4) is 0 Å². The second kappa shape index (κ2) is 5.01. The van der Waals surface area contributed by atoms with Crippen LogP contribution in [0.5, 0.6) is 0 Å². The number of hydrazone groups is 1. The molecule has 0 aliphatic heterocycles. The molecule has 0 aromatic rings. The number of halogens is 2. The van der Waals surface area contributed by atoms with Crippen molar-refractivity contribution in [1.29, 1.82) is 0 Å². The van der Waals surface area contributed by atoms with E-state index in [0.29, 0.717) is 0 Å². The Morgan fingerprint density at radius 1 is 1.50 bits per heavy atom. The lowest BCUT2D eigenvalue weighted by atomic mass is 11.7. The zero-order chi connectivity index (χ0) is 4.28. The standard InChI is InChI=1S/CH2Cl2N2.H2O/c2-1(3)5-4;/h4H2;1H2. The van der Waals surface area contributed by atoms with Crippen LogP contribution in [0, 0.1) is 0 Å². The molecule has 0 radical (unpaired) electrons. The SMILES string of the molecule is NN=C(Cl)Cl.O. The van der Waals surface area contributed by atoms with Crippen molar-refractivity contribution >= 4 is 27.8 Å². The van der Waals surface area contributed by atoms with Gasteiger partial charge in [-0.25, -0.2) is 0 Å². The predicted octanol–water partition coefficient (Wildman–Crippen LogP) is -0.131. The summed E-state index contributed by atoms with van der Waals surface area (Å²) < 4.78 is -0.148. The fourth-order valence-corrected chi connectivity index (χ4v) is 0. The molecule has 0 aliphatic carbocycles. The summed E-state index contributed by atoms with van der Waals surface area (Å²) in [6.45, 7) is 0. The van der Waals surface area contributed by atoms with E-state index in [1.54, 1.807) is 0 Å². The summed E-state index contributed by atoms with van der Waals surface area (Å²) in [6, 6.07) is 0. The summed E-state index contributed by atoms with van der Waals surface area (Å²) in [6.07, 6.45) is 0. The van der Waals surface area contributed by atoms with Gasteiger partial charge in [0.1, 0.15) is 0 Å². The smallest absolute Gasteiger partial charge is 0.215 e. The molecule has 6 heavy (non-hydrogen) atoms. The number of nitrogens with two attached hydrogens (primary N) is 1. The van der Waals surface area contributed by atoms with Crippen LogP contribution in [0.4, 0.5) is 0 Å². The van der Waals surface area contributed by atoms with Gasteiger partial charge in [0.2, 0.25) is 4.63 Å². The zero-order valence-corrected chi connectivity index (χ0v) is 4.29. The third-order valence-electron chi connectivity index (χ3n) is 0.0976. The van der Waals surface area contributed by atoms with E-state index < -0.39 is 0 Å². The second-order valence-electron chi connectivity index (χ2n) is 0.370. The minimum Gasteiger partial charge on any atom is -0.412 e. The van der Waals surface area contributed by atoms with E-state index >= 15 is 0 Å². The van der Waals surface area contributed by atoms with E-state index in [1.165, 1.54) is 0 Å². The quantitative estimate of drug-likeness (QED) is 0.277. The van der Waals surface area contributed by atoms with Gasteiger partial charge < -0.3 is 11.3 Å². The van der Waals surface area contributed by atoms with Gasteiger partial charge in [-0.05, 0) is 23.2 Å². The van der Waals surface area contributed by atoms with Gasteiger partial charge in [0.15, 0.2) is 0 Å². The van der Waals surface area contributed by atoms with Crippen LogP contribution in [-0.4, -0.2) is 10.1 Å². The van der Waals surface area contributed by atoms with Crippen LogP contribution in [0.2, 0.25) is 0 Å². The van der Waals surface area contributed by atoms with Crippen molar-refractivity contribution in [2.24, 2.45) is 10.9 Å². The van der Waals surface area contributed by atoms with Crippen LogP contribution in [0.15, 0.2) is 5.10 Å². The van der Waals surface area contributed by atoms with Gasteiger partial charge in [0.05, 0.1) is 0 Å². The number of hydrogen-bond acceptors (Lipinski definition) is 2. The van der Waals surface area contributed by atoms with Crippen molar-refractivity contribution in [1.82, 2.24) is 0 Å². The first-order valence-corrected chi connectivity index (χ1v) is 1.62. The van der Waals surface area contributed by atoms with Gasteiger partial charge in [0.25, 0.3) is 0 Å². The van der Waals surface area contributed by atoms with Crippen LogP contribution in [0.25, 0.3) is 0 Å². The Kier molecular flexibility index (Phi) is 7.83. The molecule has 4 N–H and O–H groups in total. The summed E-state index contributed by atoms with van der Waals surface area (Å²) in [7, 11) is 0. The third kappa shape index (κ3) is 8.99. The molecule has 0 fully saturated rings. The minimum atomic E-state index is -0.148. The largest absolute Gasteiger partial charge is 0.412 e. The maximum Gasteiger partial charge on any atom is 0.215 e. The molecule has 0 rings (SSSR count). The Hall–Kier alpha value is 0.01000. The first kappa shape index (κ1) is 9.38. The molecule has 0 aromatic heterocycles. The van der Waals surface area contributed by atoms with Crippen molar-refractivity contribution in [2.45, 2.75) is 0 Å². The molecule has 0 aromatic carbocycles. The fourth-order valence-electron chi connectivity index (χ4n) is 0. The molecular formula is CH4Cl2N2O. The Labute approximate surface area is 45.0 Å². The summed E-state index contributed by atoms with van der Waals surface area (Å²) >= 11 is 9.71. The van der Waals surface area contributed by atoms with Gasteiger partial charge in [0, 0.05) is 0 Å². The molecule has 0 spiro atoms. The predicted molar refractivity (Wildman–Crippen MR) is 26.9 cm³/mol. The Morgan fingerprint density at radius 3 is 1.67 bits per heavy atom. The van der Waals surface area contributed by atoms with Gasteiger partial charge in [-0.15, -0.1) is 0 Å². The van der Waals surface area contributed by atoms with E-state index in [9.17, 15) is 0 Å². The van der Waals surface area contributed by atoms with Gasteiger partial charge in [-0.1, -0.05) is 0 Å². The second-order valence-corrected chi connectivity index (χ2v) is 1.28. The molecule has 0 atom stereocenters. The third-order valence-corrected chi connectivity index (χ3v) is 0.293. The average molecular weight is 131 g/mol. The monoisotopic (exact) mass is 130 g/mol. The fraction of sp³-hybridized carbons (Fsp3) is 0. The molecule has 0 aliphatic rings. The Morgan fingerprint density at radius 2 is 1.67 bits per heavy atom. The van der Waals surface area contributed by atoms with E-state index in [1.807, 2.05) is 0 Å². The van der Waals surface area contributed by atoms with Crippen LogP contribution in [0.1, 0.15) is 0 Å². The van der Waals surface area contributed by atoms with Gasteiger partial charge >= 0.3 is 0 Å². The van der Waals surface area contributed by atoms with Crippen molar-refractivity contribution < 1.29 is 5.48 Å². The molecule has 0 unspecified atom stereocenters. The van der Waals surface area contributed by atoms with Crippen LogP contribution in [-0.2, 0) is 0 Å². The lowest BCUT2D eigenvalue weighted by molar-refractivity contribution is 0.824. The topological polar surface area (TPSA) is 69.9 Å².